The van der Waals surface area contributed by atoms with Crippen LogP contribution in [-0.4, -0.2) is 37.1 Å². The lowest BCUT2D eigenvalue weighted by molar-refractivity contribution is -0.146. The topological polar surface area (TPSA) is 70.8 Å². The van der Waals surface area contributed by atoms with E-state index in [-0.39, 0.29) is 5.25 Å². The lowest BCUT2D eigenvalue weighted by atomic mass is 9.98. The molecule has 0 fully saturated rings. The number of carbonyl (C=O) groups excluding carboxylic acids is 1. The van der Waals surface area contributed by atoms with Crippen LogP contribution in [0.5, 0.6) is 11.5 Å². The average molecular weight is 311 g/mol. The van der Waals surface area contributed by atoms with Gasteiger partial charge in [0.1, 0.15) is 18.8 Å². The van der Waals surface area contributed by atoms with E-state index in [0.717, 1.165) is 16.4 Å². The van der Waals surface area contributed by atoms with Crippen molar-refractivity contribution < 1.29 is 19.0 Å². The Labute approximate surface area is 129 Å². The van der Waals surface area contributed by atoms with Crippen molar-refractivity contribution in [1.82, 2.24) is 0 Å². The molecule has 5 nitrogen and oxygen atoms in total. The quantitative estimate of drug-likeness (QED) is 0.664. The number of nitrogens with two attached hydrogens (primary N) is 1. The highest BCUT2D eigenvalue weighted by molar-refractivity contribution is 8.00. The largest absolute Gasteiger partial charge is 0.486 e. The predicted molar refractivity (Wildman–Crippen MR) is 82.0 cm³/mol. The lowest BCUT2D eigenvalue weighted by Crippen LogP contribution is -2.47. The van der Waals surface area contributed by atoms with Crippen molar-refractivity contribution in [3.05, 3.63) is 18.2 Å². The van der Waals surface area contributed by atoms with Crippen LogP contribution < -0.4 is 15.2 Å². The van der Waals surface area contributed by atoms with Crippen molar-refractivity contribution >= 4 is 17.7 Å². The molecular formula is C15H21NO4S. The van der Waals surface area contributed by atoms with E-state index in [4.69, 9.17) is 19.9 Å². The molecular weight excluding hydrogens is 290 g/mol. The van der Waals surface area contributed by atoms with Gasteiger partial charge < -0.3 is 19.9 Å². The third-order valence-electron chi connectivity index (χ3n) is 3.21. The Bertz CT molecular complexity index is 518. The number of esters is 1. The third kappa shape index (κ3) is 4.04. The Morgan fingerprint density at radius 3 is 2.76 bits per heavy atom. The summed E-state index contributed by atoms with van der Waals surface area (Å²) >= 11 is 1.65. The highest BCUT2D eigenvalue weighted by Gasteiger charge is 2.31. The fraction of sp³-hybridized carbons (Fsp3) is 0.533. The number of methoxy groups -OCH3 is 1. The van der Waals surface area contributed by atoms with Crippen LogP contribution in [0, 0.1) is 0 Å². The molecule has 0 bridgehead atoms. The van der Waals surface area contributed by atoms with Crippen LogP contribution >= 0.6 is 11.8 Å². The van der Waals surface area contributed by atoms with E-state index < -0.39 is 11.5 Å². The molecule has 1 aliphatic heterocycles. The SMILES string of the molecule is COC(=O)C(C)(N)CC(C)Sc1ccc2c(c1)OCCO2. The van der Waals surface area contributed by atoms with Gasteiger partial charge in [-0.1, -0.05) is 6.92 Å². The van der Waals surface area contributed by atoms with Crippen LogP contribution in [0.4, 0.5) is 0 Å². The molecule has 2 unspecified atom stereocenters. The molecule has 0 spiro atoms. The Hall–Kier alpha value is -1.40. The summed E-state index contributed by atoms with van der Waals surface area (Å²) in [6.07, 6.45) is 0.527. The first-order chi connectivity index (χ1) is 9.92. The van der Waals surface area contributed by atoms with Crippen LogP contribution in [0.15, 0.2) is 23.1 Å². The van der Waals surface area contributed by atoms with Gasteiger partial charge in [-0.05, 0) is 31.5 Å². The minimum absolute atomic E-state index is 0.168. The summed E-state index contributed by atoms with van der Waals surface area (Å²) < 4.78 is 15.8. The van der Waals surface area contributed by atoms with Gasteiger partial charge in [0.15, 0.2) is 11.5 Å². The second kappa shape index (κ2) is 6.58. The summed E-state index contributed by atoms with van der Waals surface area (Å²) in [5, 5.41) is 0.168. The Morgan fingerprint density at radius 2 is 2.10 bits per heavy atom. The molecule has 2 rings (SSSR count). The van der Waals surface area contributed by atoms with Gasteiger partial charge in [0, 0.05) is 10.1 Å². The van der Waals surface area contributed by atoms with Crippen molar-refractivity contribution in [3.63, 3.8) is 0 Å². The third-order valence-corrected chi connectivity index (χ3v) is 4.31. The molecule has 0 amide bonds. The fourth-order valence-electron chi connectivity index (χ4n) is 2.28. The maximum Gasteiger partial charge on any atom is 0.325 e. The van der Waals surface area contributed by atoms with E-state index in [1.807, 2.05) is 25.1 Å². The van der Waals surface area contributed by atoms with E-state index in [1.54, 1.807) is 18.7 Å². The number of thioether (sulfide) groups is 1. The van der Waals surface area contributed by atoms with Crippen molar-refractivity contribution in [3.8, 4) is 11.5 Å². The van der Waals surface area contributed by atoms with Crippen LogP contribution in [-0.2, 0) is 9.53 Å². The second-order valence-corrected chi connectivity index (χ2v) is 6.86. The maximum absolute atomic E-state index is 11.6. The summed E-state index contributed by atoms with van der Waals surface area (Å²) in [6, 6.07) is 5.85. The number of benzene rings is 1. The zero-order valence-corrected chi connectivity index (χ0v) is 13.4. The van der Waals surface area contributed by atoms with Gasteiger partial charge in [-0.15, -0.1) is 11.8 Å². The number of fused-ring (bicyclic) bond motifs is 1. The summed E-state index contributed by atoms with van der Waals surface area (Å²) in [4.78, 5) is 12.7. The van der Waals surface area contributed by atoms with Gasteiger partial charge in [0.05, 0.1) is 7.11 Å². The number of hydrogen-bond donors (Lipinski definition) is 1. The first-order valence-electron chi connectivity index (χ1n) is 6.86. The standard InChI is InChI=1S/C15H21NO4S/c1-10(9-15(2,16)14(17)18-3)21-11-4-5-12-13(8-11)20-7-6-19-12/h4-5,8,10H,6-7,9,16H2,1-3H3. The number of rotatable bonds is 5. The van der Waals surface area contributed by atoms with E-state index >= 15 is 0 Å². The van der Waals surface area contributed by atoms with E-state index in [9.17, 15) is 4.79 Å². The molecule has 0 radical (unpaired) electrons. The zero-order chi connectivity index (χ0) is 15.5. The monoisotopic (exact) mass is 311 g/mol. The molecule has 0 saturated carbocycles. The highest BCUT2D eigenvalue weighted by atomic mass is 32.2. The minimum atomic E-state index is -0.977. The summed E-state index contributed by atoms with van der Waals surface area (Å²) in [5.74, 6) is 1.15. The van der Waals surface area contributed by atoms with Gasteiger partial charge in [-0.2, -0.15) is 0 Å². The minimum Gasteiger partial charge on any atom is -0.486 e. The van der Waals surface area contributed by atoms with Gasteiger partial charge in [0.2, 0.25) is 0 Å². The molecule has 0 saturated heterocycles. The molecule has 21 heavy (non-hydrogen) atoms. The van der Waals surface area contributed by atoms with E-state index in [1.165, 1.54) is 7.11 Å². The summed E-state index contributed by atoms with van der Waals surface area (Å²) in [5.41, 5.74) is 5.03. The number of ether oxygens (including phenoxy) is 3. The van der Waals surface area contributed by atoms with Crippen molar-refractivity contribution in [2.24, 2.45) is 5.73 Å². The molecule has 2 N–H and O–H groups in total. The number of hydrogen-bond acceptors (Lipinski definition) is 6. The van der Waals surface area contributed by atoms with Gasteiger partial charge in [-0.25, -0.2) is 0 Å². The van der Waals surface area contributed by atoms with Crippen LogP contribution in [0.3, 0.4) is 0 Å². The summed E-state index contributed by atoms with van der Waals surface area (Å²) in [6.45, 7) is 4.88. The van der Waals surface area contributed by atoms with Crippen LogP contribution in [0.25, 0.3) is 0 Å². The second-order valence-electron chi connectivity index (χ2n) is 5.35. The Morgan fingerprint density at radius 1 is 1.43 bits per heavy atom. The molecule has 0 aromatic heterocycles. The maximum atomic E-state index is 11.6. The average Bonchev–Trinajstić information content (AvgIpc) is 2.45. The molecule has 116 valence electrons. The number of carbonyl (C=O) groups is 1. The molecule has 1 heterocycles. The molecule has 1 aromatic rings. The Balaban J connectivity index is 1.99. The highest BCUT2D eigenvalue weighted by Crippen LogP contribution is 2.36. The molecule has 1 aromatic carbocycles. The van der Waals surface area contributed by atoms with Gasteiger partial charge in [0.25, 0.3) is 0 Å². The predicted octanol–water partition coefficient (Wildman–Crippen LogP) is 2.22. The summed E-state index contributed by atoms with van der Waals surface area (Å²) in [7, 11) is 1.35. The molecule has 1 aliphatic rings. The van der Waals surface area contributed by atoms with E-state index in [0.29, 0.717) is 19.6 Å². The molecule has 0 aliphatic carbocycles. The smallest absolute Gasteiger partial charge is 0.325 e. The van der Waals surface area contributed by atoms with Crippen molar-refractivity contribution in [1.29, 1.82) is 0 Å². The van der Waals surface area contributed by atoms with Gasteiger partial charge >= 0.3 is 5.97 Å². The molecule has 2 atom stereocenters. The first kappa shape index (κ1) is 16.0. The van der Waals surface area contributed by atoms with E-state index in [2.05, 4.69) is 0 Å². The van der Waals surface area contributed by atoms with Gasteiger partial charge in [-0.3, -0.25) is 4.79 Å². The normalized spacial score (nSPS) is 17.7. The Kier molecular flexibility index (Phi) is 5.00. The van der Waals surface area contributed by atoms with Crippen LogP contribution in [0.1, 0.15) is 20.3 Å². The first-order valence-corrected chi connectivity index (χ1v) is 7.74. The zero-order valence-electron chi connectivity index (χ0n) is 12.5. The molecule has 6 heteroatoms. The lowest BCUT2D eigenvalue weighted by Gasteiger charge is -2.25. The van der Waals surface area contributed by atoms with Crippen molar-refractivity contribution in [2.45, 2.75) is 36.0 Å². The van der Waals surface area contributed by atoms with Crippen molar-refractivity contribution in [2.75, 3.05) is 20.3 Å². The van der Waals surface area contributed by atoms with Crippen LogP contribution in [0.2, 0.25) is 0 Å². The fourth-order valence-corrected chi connectivity index (χ4v) is 3.50.